The minimum Gasteiger partial charge on any atom is -0.324 e. The van der Waals surface area contributed by atoms with Gasteiger partial charge in [0.1, 0.15) is 0 Å². The number of hydrogen-bond acceptors (Lipinski definition) is 3. The van der Waals surface area contributed by atoms with Gasteiger partial charge in [0.05, 0.1) is 11.9 Å². The second-order valence-corrected chi connectivity index (χ2v) is 4.80. The van der Waals surface area contributed by atoms with Crippen molar-refractivity contribution in [3.63, 3.8) is 0 Å². The van der Waals surface area contributed by atoms with Crippen LogP contribution in [0.15, 0.2) is 61.2 Å². The van der Waals surface area contributed by atoms with Gasteiger partial charge in [-0.3, -0.25) is 4.98 Å². The molecule has 1 aromatic carbocycles. The molecule has 0 aliphatic carbocycles. The Bertz CT molecular complexity index is 701. The molecule has 0 amide bonds. The number of aromatic nitrogens is 3. The molecular formula is C16H16N4. The number of hydrogen-bond donors (Lipinski definition) is 1. The molecule has 0 saturated carbocycles. The van der Waals surface area contributed by atoms with Crippen LogP contribution in [0.5, 0.6) is 0 Å². The van der Waals surface area contributed by atoms with E-state index >= 15 is 0 Å². The Morgan fingerprint density at radius 1 is 1.05 bits per heavy atom. The first-order valence-corrected chi connectivity index (χ1v) is 6.55. The Labute approximate surface area is 117 Å². The molecule has 3 rings (SSSR count). The lowest BCUT2D eigenvalue weighted by molar-refractivity contribution is 0.812. The van der Waals surface area contributed by atoms with Gasteiger partial charge < -0.3 is 5.73 Å². The van der Waals surface area contributed by atoms with E-state index in [0.717, 1.165) is 22.4 Å². The fraction of sp³-hybridized carbons (Fsp3) is 0.125. The van der Waals surface area contributed by atoms with Crippen molar-refractivity contribution in [1.82, 2.24) is 14.8 Å². The zero-order valence-corrected chi connectivity index (χ0v) is 11.3. The van der Waals surface area contributed by atoms with Crippen molar-refractivity contribution < 1.29 is 0 Å². The largest absolute Gasteiger partial charge is 0.324 e. The summed E-state index contributed by atoms with van der Waals surface area (Å²) < 4.78 is 1.86. The summed E-state index contributed by atoms with van der Waals surface area (Å²) in [5.74, 6) is 0. The highest BCUT2D eigenvalue weighted by Gasteiger charge is 2.06. The highest BCUT2D eigenvalue weighted by Crippen LogP contribution is 2.22. The molecule has 4 heteroatoms. The summed E-state index contributed by atoms with van der Waals surface area (Å²) in [6.45, 7) is 1.95. The zero-order chi connectivity index (χ0) is 13.9. The highest BCUT2D eigenvalue weighted by molar-refractivity contribution is 5.62. The second-order valence-electron chi connectivity index (χ2n) is 4.80. The first-order chi connectivity index (χ1) is 9.74. The zero-order valence-electron chi connectivity index (χ0n) is 11.3. The highest BCUT2D eigenvalue weighted by atomic mass is 15.3. The van der Waals surface area contributed by atoms with Crippen LogP contribution in [0.1, 0.15) is 18.5 Å². The smallest absolute Gasteiger partial charge is 0.0645 e. The van der Waals surface area contributed by atoms with E-state index < -0.39 is 0 Å². The van der Waals surface area contributed by atoms with Crippen LogP contribution >= 0.6 is 0 Å². The number of benzene rings is 1. The Morgan fingerprint density at radius 3 is 2.60 bits per heavy atom. The van der Waals surface area contributed by atoms with Gasteiger partial charge in [0.2, 0.25) is 0 Å². The molecule has 0 fully saturated rings. The van der Waals surface area contributed by atoms with Crippen LogP contribution in [0.25, 0.3) is 16.8 Å². The van der Waals surface area contributed by atoms with Crippen LogP contribution < -0.4 is 5.73 Å². The Hall–Kier alpha value is -2.46. The first kappa shape index (κ1) is 12.6. The molecule has 1 unspecified atom stereocenters. The summed E-state index contributed by atoms with van der Waals surface area (Å²) in [6, 6.07) is 12.1. The van der Waals surface area contributed by atoms with Crippen molar-refractivity contribution in [3.8, 4) is 16.8 Å². The molecular weight excluding hydrogens is 248 g/mol. The van der Waals surface area contributed by atoms with Gasteiger partial charge in [-0.15, -0.1) is 0 Å². The van der Waals surface area contributed by atoms with Crippen molar-refractivity contribution in [2.45, 2.75) is 13.0 Å². The molecule has 1 atom stereocenters. The monoisotopic (exact) mass is 264 g/mol. The Balaban J connectivity index is 1.96. The summed E-state index contributed by atoms with van der Waals surface area (Å²) in [6.07, 6.45) is 7.47. The van der Waals surface area contributed by atoms with Crippen molar-refractivity contribution in [2.75, 3.05) is 0 Å². The average molecular weight is 264 g/mol. The van der Waals surface area contributed by atoms with E-state index in [-0.39, 0.29) is 6.04 Å². The third kappa shape index (κ3) is 2.46. The van der Waals surface area contributed by atoms with Crippen molar-refractivity contribution >= 4 is 0 Å². The van der Waals surface area contributed by atoms with Crippen LogP contribution in [0.2, 0.25) is 0 Å². The summed E-state index contributed by atoms with van der Waals surface area (Å²) in [5.41, 5.74) is 10.0. The van der Waals surface area contributed by atoms with Crippen molar-refractivity contribution in [1.29, 1.82) is 0 Å². The number of rotatable bonds is 3. The molecule has 0 bridgehead atoms. The molecule has 0 saturated heterocycles. The fourth-order valence-electron chi connectivity index (χ4n) is 2.06. The molecule has 2 N–H and O–H groups in total. The van der Waals surface area contributed by atoms with Crippen molar-refractivity contribution in [3.05, 3.63) is 66.7 Å². The van der Waals surface area contributed by atoms with E-state index in [1.165, 1.54) is 0 Å². The maximum atomic E-state index is 5.90. The van der Waals surface area contributed by atoms with E-state index in [0.29, 0.717) is 0 Å². The maximum absolute atomic E-state index is 5.90. The van der Waals surface area contributed by atoms with E-state index in [1.807, 2.05) is 60.5 Å². The molecule has 20 heavy (non-hydrogen) atoms. The molecule has 4 nitrogen and oxygen atoms in total. The lowest BCUT2D eigenvalue weighted by Gasteiger charge is -2.06. The summed E-state index contributed by atoms with van der Waals surface area (Å²) in [4.78, 5) is 4.25. The minimum atomic E-state index is -0.0216. The van der Waals surface area contributed by atoms with Crippen LogP contribution in [-0.2, 0) is 0 Å². The maximum Gasteiger partial charge on any atom is 0.0645 e. The Kier molecular flexibility index (Phi) is 3.31. The molecule has 3 aromatic rings. The molecule has 2 heterocycles. The number of nitrogens with zero attached hydrogens (tertiary/aromatic N) is 3. The average Bonchev–Trinajstić information content (AvgIpc) is 2.98. The molecule has 2 aromatic heterocycles. The predicted molar refractivity (Wildman–Crippen MR) is 79.4 cm³/mol. The van der Waals surface area contributed by atoms with Crippen LogP contribution in [0.4, 0.5) is 0 Å². The number of para-hydroxylation sites is 1. The second kappa shape index (κ2) is 5.27. The lowest BCUT2D eigenvalue weighted by Crippen LogP contribution is -2.05. The van der Waals surface area contributed by atoms with Crippen LogP contribution in [-0.4, -0.2) is 14.8 Å². The van der Waals surface area contributed by atoms with Crippen LogP contribution in [0.3, 0.4) is 0 Å². The van der Waals surface area contributed by atoms with Gasteiger partial charge >= 0.3 is 0 Å². The van der Waals surface area contributed by atoms with E-state index in [9.17, 15) is 0 Å². The fourth-order valence-corrected chi connectivity index (χ4v) is 2.06. The third-order valence-electron chi connectivity index (χ3n) is 3.22. The lowest BCUT2D eigenvalue weighted by atomic mass is 10.1. The first-order valence-electron chi connectivity index (χ1n) is 6.55. The van der Waals surface area contributed by atoms with Gasteiger partial charge in [-0.2, -0.15) is 5.10 Å². The summed E-state index contributed by atoms with van der Waals surface area (Å²) in [7, 11) is 0. The number of pyridine rings is 1. The van der Waals surface area contributed by atoms with Gasteiger partial charge in [0.25, 0.3) is 0 Å². The topological polar surface area (TPSA) is 56.7 Å². The van der Waals surface area contributed by atoms with Crippen molar-refractivity contribution in [2.24, 2.45) is 5.73 Å². The normalized spacial score (nSPS) is 12.3. The summed E-state index contributed by atoms with van der Waals surface area (Å²) >= 11 is 0. The predicted octanol–water partition coefficient (Wildman–Crippen LogP) is 2.95. The quantitative estimate of drug-likeness (QED) is 0.791. The van der Waals surface area contributed by atoms with Gasteiger partial charge in [-0.1, -0.05) is 18.2 Å². The molecule has 0 spiro atoms. The van der Waals surface area contributed by atoms with Crippen LogP contribution in [0, 0.1) is 0 Å². The van der Waals surface area contributed by atoms with E-state index in [2.05, 4.69) is 16.1 Å². The molecule has 0 aliphatic rings. The minimum absolute atomic E-state index is 0.0216. The third-order valence-corrected chi connectivity index (χ3v) is 3.22. The number of nitrogens with two attached hydrogens (primary N) is 1. The Morgan fingerprint density at radius 2 is 1.85 bits per heavy atom. The van der Waals surface area contributed by atoms with Gasteiger partial charge in [0, 0.05) is 35.8 Å². The molecule has 100 valence electrons. The van der Waals surface area contributed by atoms with Gasteiger partial charge in [-0.05, 0) is 30.7 Å². The molecule has 0 aliphatic heterocycles. The SMILES string of the molecule is CC(N)c1cncc(-c2cnn(-c3ccccc3)c2)c1. The van der Waals surface area contributed by atoms with Gasteiger partial charge in [-0.25, -0.2) is 4.68 Å². The van der Waals surface area contributed by atoms with E-state index in [4.69, 9.17) is 5.73 Å². The summed E-state index contributed by atoms with van der Waals surface area (Å²) in [5, 5.41) is 4.39. The van der Waals surface area contributed by atoms with Gasteiger partial charge in [0.15, 0.2) is 0 Å². The molecule has 0 radical (unpaired) electrons. The standard InChI is InChI=1S/C16H16N4/c1-12(17)13-7-14(9-18-8-13)15-10-19-20(11-15)16-5-3-2-4-6-16/h2-12H,17H2,1H3. The van der Waals surface area contributed by atoms with E-state index in [1.54, 1.807) is 6.20 Å².